The normalized spacial score (nSPS) is 12.2. The summed E-state index contributed by atoms with van der Waals surface area (Å²) in [6, 6.07) is 17.0. The number of carbonyl (C=O) groups excluding carboxylic acids is 1. The van der Waals surface area contributed by atoms with Crippen LogP contribution in [0.2, 0.25) is 0 Å². The lowest BCUT2D eigenvalue weighted by atomic mass is 10.2. The molecule has 1 atom stereocenters. The number of benzene rings is 2. The van der Waals surface area contributed by atoms with Crippen molar-refractivity contribution in [1.82, 2.24) is 10.2 Å². The van der Waals surface area contributed by atoms with Crippen LogP contribution in [-0.4, -0.2) is 16.2 Å². The minimum Gasteiger partial charge on any atom is -0.449 e. The van der Waals surface area contributed by atoms with Crippen LogP contribution in [0, 0.1) is 0 Å². The van der Waals surface area contributed by atoms with E-state index in [0.717, 1.165) is 15.6 Å². The number of nitrogens with zero attached hydrogens (tertiary/aromatic N) is 2. The number of esters is 1. The van der Waals surface area contributed by atoms with Gasteiger partial charge < -0.3 is 9.15 Å². The Kier molecular flexibility index (Phi) is 5.40. The maximum Gasteiger partial charge on any atom is 0.331 e. The van der Waals surface area contributed by atoms with Gasteiger partial charge in [-0.3, -0.25) is 0 Å². The summed E-state index contributed by atoms with van der Waals surface area (Å²) in [6.07, 6.45) is 2.41. The molecule has 0 fully saturated rings. The minimum atomic E-state index is -0.638. The van der Waals surface area contributed by atoms with Crippen molar-refractivity contribution in [3.8, 4) is 11.5 Å². The molecule has 0 bridgehead atoms. The third-order valence-electron chi connectivity index (χ3n) is 3.41. The van der Waals surface area contributed by atoms with E-state index in [9.17, 15) is 4.79 Å². The molecule has 0 saturated carbocycles. The van der Waals surface area contributed by atoms with Crippen LogP contribution in [-0.2, 0) is 9.53 Å². The number of carbonyl (C=O) groups is 1. The molecule has 3 aromatic rings. The first-order valence-electron chi connectivity index (χ1n) is 7.65. The Labute approximate surface area is 153 Å². The molecule has 2 aromatic carbocycles. The first-order chi connectivity index (χ1) is 12.1. The molecule has 0 radical (unpaired) electrons. The number of ether oxygens (including phenoxy) is 1. The topological polar surface area (TPSA) is 65.2 Å². The van der Waals surface area contributed by atoms with Gasteiger partial charge in [0.25, 0.3) is 5.89 Å². The number of rotatable bonds is 5. The van der Waals surface area contributed by atoms with E-state index in [4.69, 9.17) is 9.15 Å². The van der Waals surface area contributed by atoms with E-state index in [-0.39, 0.29) is 5.89 Å². The van der Waals surface area contributed by atoms with Crippen LogP contribution in [0.15, 0.2) is 69.6 Å². The second-order valence-electron chi connectivity index (χ2n) is 5.25. The summed E-state index contributed by atoms with van der Waals surface area (Å²) in [4.78, 5) is 12.0. The third kappa shape index (κ3) is 4.42. The van der Waals surface area contributed by atoms with Gasteiger partial charge >= 0.3 is 5.97 Å². The van der Waals surface area contributed by atoms with E-state index in [1.807, 2.05) is 54.6 Å². The molecule has 0 amide bonds. The molecule has 1 aromatic heterocycles. The first kappa shape index (κ1) is 17.1. The van der Waals surface area contributed by atoms with Gasteiger partial charge in [0, 0.05) is 16.1 Å². The zero-order valence-electron chi connectivity index (χ0n) is 13.4. The molecule has 0 N–H and O–H groups in total. The summed E-state index contributed by atoms with van der Waals surface area (Å²) in [6.45, 7) is 1.69. The van der Waals surface area contributed by atoms with Gasteiger partial charge in [-0.25, -0.2) is 4.79 Å². The highest BCUT2D eigenvalue weighted by Gasteiger charge is 2.17. The SMILES string of the molecule is C[C@H](OC(=O)/C=C/c1ccccc1Br)c1nnc(-c2ccccc2)o1. The summed E-state index contributed by atoms with van der Waals surface area (Å²) in [5.41, 5.74) is 1.70. The van der Waals surface area contributed by atoms with Crippen LogP contribution in [0.3, 0.4) is 0 Å². The predicted molar refractivity (Wildman–Crippen MR) is 97.4 cm³/mol. The molecule has 0 aliphatic rings. The summed E-state index contributed by atoms with van der Waals surface area (Å²) in [5, 5.41) is 7.94. The number of aromatic nitrogens is 2. The van der Waals surface area contributed by atoms with Gasteiger partial charge in [0.05, 0.1) is 0 Å². The fraction of sp³-hybridized carbons (Fsp3) is 0.105. The van der Waals surface area contributed by atoms with Gasteiger partial charge in [0.2, 0.25) is 5.89 Å². The molecule has 1 heterocycles. The Bertz CT molecular complexity index is 890. The third-order valence-corrected chi connectivity index (χ3v) is 4.13. The van der Waals surface area contributed by atoms with Crippen LogP contribution in [0.5, 0.6) is 0 Å². The Morgan fingerprint density at radius 3 is 2.60 bits per heavy atom. The standard InChI is InChI=1S/C19H15BrN2O3/c1-13(18-21-22-19(25-18)15-8-3-2-4-9-15)24-17(23)12-11-14-7-5-6-10-16(14)20/h2-13H,1H3/b12-11+/t13-/m0/s1. The fourth-order valence-corrected chi connectivity index (χ4v) is 2.55. The molecule has 3 rings (SSSR count). The highest BCUT2D eigenvalue weighted by molar-refractivity contribution is 9.10. The van der Waals surface area contributed by atoms with Crippen LogP contribution in [0.1, 0.15) is 24.5 Å². The van der Waals surface area contributed by atoms with Crippen molar-refractivity contribution in [2.45, 2.75) is 13.0 Å². The smallest absolute Gasteiger partial charge is 0.331 e. The molecule has 0 aliphatic heterocycles. The molecule has 5 nitrogen and oxygen atoms in total. The van der Waals surface area contributed by atoms with E-state index >= 15 is 0 Å². The summed E-state index contributed by atoms with van der Waals surface area (Å²) in [7, 11) is 0. The quantitative estimate of drug-likeness (QED) is 0.455. The maximum atomic E-state index is 12.0. The largest absolute Gasteiger partial charge is 0.449 e. The summed E-state index contributed by atoms with van der Waals surface area (Å²) >= 11 is 3.42. The van der Waals surface area contributed by atoms with Gasteiger partial charge in [-0.05, 0) is 36.8 Å². The molecule has 0 aliphatic carbocycles. The van der Waals surface area contributed by atoms with E-state index in [0.29, 0.717) is 5.89 Å². The van der Waals surface area contributed by atoms with E-state index < -0.39 is 12.1 Å². The van der Waals surface area contributed by atoms with Crippen molar-refractivity contribution >= 4 is 28.0 Å². The Morgan fingerprint density at radius 1 is 1.12 bits per heavy atom. The number of hydrogen-bond acceptors (Lipinski definition) is 5. The molecule has 6 heteroatoms. The highest BCUT2D eigenvalue weighted by atomic mass is 79.9. The lowest BCUT2D eigenvalue weighted by Crippen LogP contribution is -2.06. The maximum absolute atomic E-state index is 12.0. The molecular weight excluding hydrogens is 384 g/mol. The Balaban J connectivity index is 1.64. The molecule has 0 saturated heterocycles. The summed E-state index contributed by atoms with van der Waals surface area (Å²) in [5.74, 6) is 0.159. The molecule has 0 spiro atoms. The van der Waals surface area contributed by atoms with Gasteiger partial charge in [-0.2, -0.15) is 0 Å². The lowest BCUT2D eigenvalue weighted by Gasteiger charge is -2.06. The second kappa shape index (κ2) is 7.90. The van der Waals surface area contributed by atoms with Crippen LogP contribution in [0.4, 0.5) is 0 Å². The van der Waals surface area contributed by atoms with Crippen molar-refractivity contribution in [2.24, 2.45) is 0 Å². The van der Waals surface area contributed by atoms with E-state index in [1.54, 1.807) is 13.0 Å². The highest BCUT2D eigenvalue weighted by Crippen LogP contribution is 2.22. The number of halogens is 1. The van der Waals surface area contributed by atoms with Crippen LogP contribution < -0.4 is 0 Å². The van der Waals surface area contributed by atoms with Crippen molar-refractivity contribution in [2.75, 3.05) is 0 Å². The van der Waals surface area contributed by atoms with Crippen LogP contribution >= 0.6 is 15.9 Å². The van der Waals surface area contributed by atoms with E-state index in [1.165, 1.54) is 6.08 Å². The predicted octanol–water partition coefficient (Wildman–Crippen LogP) is 4.82. The zero-order valence-corrected chi connectivity index (χ0v) is 15.0. The van der Waals surface area contributed by atoms with Crippen LogP contribution in [0.25, 0.3) is 17.5 Å². The van der Waals surface area contributed by atoms with Gasteiger partial charge in [-0.15, -0.1) is 10.2 Å². The summed E-state index contributed by atoms with van der Waals surface area (Å²) < 4.78 is 11.8. The van der Waals surface area contributed by atoms with Crippen molar-refractivity contribution in [3.63, 3.8) is 0 Å². The van der Waals surface area contributed by atoms with Crippen molar-refractivity contribution in [1.29, 1.82) is 0 Å². The average molecular weight is 399 g/mol. The monoisotopic (exact) mass is 398 g/mol. The zero-order chi connectivity index (χ0) is 17.6. The molecule has 126 valence electrons. The van der Waals surface area contributed by atoms with Gasteiger partial charge in [-0.1, -0.05) is 52.3 Å². The number of hydrogen-bond donors (Lipinski definition) is 0. The first-order valence-corrected chi connectivity index (χ1v) is 8.45. The molecular formula is C19H15BrN2O3. The van der Waals surface area contributed by atoms with Crippen molar-refractivity contribution in [3.05, 3.63) is 76.6 Å². The Hall–Kier alpha value is -2.73. The molecule has 25 heavy (non-hydrogen) atoms. The average Bonchev–Trinajstić information content (AvgIpc) is 3.12. The minimum absolute atomic E-state index is 0.251. The lowest BCUT2D eigenvalue weighted by molar-refractivity contribution is -0.143. The van der Waals surface area contributed by atoms with E-state index in [2.05, 4.69) is 26.1 Å². The molecule has 0 unspecified atom stereocenters. The van der Waals surface area contributed by atoms with Gasteiger partial charge in [0.15, 0.2) is 6.10 Å². The fourth-order valence-electron chi connectivity index (χ4n) is 2.13. The second-order valence-corrected chi connectivity index (χ2v) is 6.10. The Morgan fingerprint density at radius 2 is 1.84 bits per heavy atom. The van der Waals surface area contributed by atoms with Gasteiger partial charge in [0.1, 0.15) is 0 Å². The van der Waals surface area contributed by atoms with Crippen molar-refractivity contribution < 1.29 is 13.9 Å².